The molecule has 2 saturated heterocycles. The lowest BCUT2D eigenvalue weighted by Gasteiger charge is -2.37. The van der Waals surface area contributed by atoms with Gasteiger partial charge in [-0.1, -0.05) is 18.2 Å². The first-order chi connectivity index (χ1) is 9.23. The van der Waals surface area contributed by atoms with E-state index in [-0.39, 0.29) is 0 Å². The number of hydrogen-bond donors (Lipinski definition) is 2. The van der Waals surface area contributed by atoms with E-state index >= 15 is 0 Å². The minimum Gasteiger partial charge on any atom is -0.385 e. The van der Waals surface area contributed by atoms with Crippen molar-refractivity contribution in [3.05, 3.63) is 42.1 Å². The summed E-state index contributed by atoms with van der Waals surface area (Å²) in [5.41, 5.74) is 1.27. The van der Waals surface area contributed by atoms with Gasteiger partial charge in [-0.25, -0.2) is 0 Å². The van der Waals surface area contributed by atoms with E-state index in [1.54, 1.807) is 0 Å². The number of hydrogen-bond acceptors (Lipinski definition) is 3. The van der Waals surface area contributed by atoms with Crippen LogP contribution in [-0.2, 0) is 5.60 Å². The molecule has 2 aliphatic heterocycles. The van der Waals surface area contributed by atoms with Crippen LogP contribution < -0.4 is 5.32 Å². The van der Waals surface area contributed by atoms with E-state index in [1.165, 1.54) is 12.8 Å². The largest absolute Gasteiger partial charge is 0.385 e. The number of nitrogens with one attached hydrogen (secondary N) is 1. The number of aromatic nitrogens is 1. The quantitative estimate of drug-likeness (QED) is 0.821. The van der Waals surface area contributed by atoms with Crippen molar-refractivity contribution in [1.29, 1.82) is 0 Å². The Hall–Kier alpha value is -1.45. The van der Waals surface area contributed by atoms with Crippen molar-refractivity contribution in [3.8, 4) is 0 Å². The Balaban J connectivity index is 1.76. The van der Waals surface area contributed by atoms with E-state index in [0.29, 0.717) is 12.1 Å². The summed E-state index contributed by atoms with van der Waals surface area (Å²) in [5.74, 6) is 0. The van der Waals surface area contributed by atoms with Crippen molar-refractivity contribution in [2.75, 3.05) is 0 Å². The fourth-order valence-corrected chi connectivity index (χ4v) is 3.68. The third-order valence-electron chi connectivity index (χ3n) is 4.63. The summed E-state index contributed by atoms with van der Waals surface area (Å²) in [7, 11) is 0. The SMILES string of the molecule is OC1(c2cnc3ccccc3c2)CC2CCC(C1)N2. The molecule has 2 bridgehead atoms. The van der Waals surface area contributed by atoms with Crippen molar-refractivity contribution in [2.45, 2.75) is 43.4 Å². The summed E-state index contributed by atoms with van der Waals surface area (Å²) < 4.78 is 0. The predicted octanol–water partition coefficient (Wildman–Crippen LogP) is 2.34. The van der Waals surface area contributed by atoms with Crippen LogP contribution >= 0.6 is 0 Å². The summed E-state index contributed by atoms with van der Waals surface area (Å²) in [6, 6.07) is 11.1. The average Bonchev–Trinajstić information content (AvgIpc) is 2.78. The molecule has 1 aromatic carbocycles. The average molecular weight is 254 g/mol. The minimum atomic E-state index is -0.700. The maximum absolute atomic E-state index is 11.0. The molecule has 0 radical (unpaired) electrons. The minimum absolute atomic E-state index is 0.468. The van der Waals surface area contributed by atoms with E-state index in [2.05, 4.69) is 22.4 Å². The Bertz CT molecular complexity index is 613. The second-order valence-electron chi connectivity index (χ2n) is 5.99. The first-order valence-electron chi connectivity index (χ1n) is 7.07. The van der Waals surface area contributed by atoms with Crippen LogP contribution in [0, 0.1) is 0 Å². The summed E-state index contributed by atoms with van der Waals surface area (Å²) in [6.45, 7) is 0. The van der Waals surface area contributed by atoms with Crippen LogP contribution in [0.2, 0.25) is 0 Å². The van der Waals surface area contributed by atoms with Gasteiger partial charge in [-0.05, 0) is 37.8 Å². The van der Waals surface area contributed by atoms with E-state index in [1.807, 2.05) is 24.4 Å². The van der Waals surface area contributed by atoms with Crippen molar-refractivity contribution in [3.63, 3.8) is 0 Å². The Labute approximate surface area is 112 Å². The fourth-order valence-electron chi connectivity index (χ4n) is 3.68. The number of fused-ring (bicyclic) bond motifs is 3. The Morgan fingerprint density at radius 3 is 2.68 bits per heavy atom. The number of nitrogens with zero attached hydrogens (tertiary/aromatic N) is 1. The molecule has 4 rings (SSSR count). The summed E-state index contributed by atoms with van der Waals surface area (Å²) in [6.07, 6.45) is 5.85. The highest BCUT2D eigenvalue weighted by Crippen LogP contribution is 2.40. The lowest BCUT2D eigenvalue weighted by molar-refractivity contribution is -0.0116. The van der Waals surface area contributed by atoms with E-state index in [0.717, 1.165) is 29.3 Å². The molecule has 2 aliphatic rings. The van der Waals surface area contributed by atoms with Crippen molar-refractivity contribution >= 4 is 10.9 Å². The van der Waals surface area contributed by atoms with Crippen LogP contribution in [0.1, 0.15) is 31.2 Å². The van der Waals surface area contributed by atoms with Gasteiger partial charge in [0.15, 0.2) is 0 Å². The van der Waals surface area contributed by atoms with Gasteiger partial charge in [-0.2, -0.15) is 0 Å². The van der Waals surface area contributed by atoms with Crippen LogP contribution in [0.5, 0.6) is 0 Å². The van der Waals surface area contributed by atoms with Crippen LogP contribution in [0.3, 0.4) is 0 Å². The third kappa shape index (κ3) is 1.85. The molecule has 19 heavy (non-hydrogen) atoms. The molecule has 0 aliphatic carbocycles. The molecule has 1 aromatic heterocycles. The Morgan fingerprint density at radius 2 is 1.89 bits per heavy atom. The third-order valence-corrected chi connectivity index (χ3v) is 4.63. The highest BCUT2D eigenvalue weighted by Gasteiger charge is 2.43. The highest BCUT2D eigenvalue weighted by molar-refractivity contribution is 5.78. The number of piperidine rings is 1. The van der Waals surface area contributed by atoms with Gasteiger partial charge < -0.3 is 10.4 Å². The van der Waals surface area contributed by atoms with Crippen LogP contribution in [0.25, 0.3) is 10.9 Å². The Morgan fingerprint density at radius 1 is 1.16 bits per heavy atom. The normalized spacial score (nSPS) is 33.7. The molecule has 98 valence electrons. The number of pyridine rings is 1. The Kier molecular flexibility index (Phi) is 2.41. The second kappa shape index (κ2) is 4.02. The molecular weight excluding hydrogens is 236 g/mol. The maximum atomic E-state index is 11.0. The van der Waals surface area contributed by atoms with Crippen LogP contribution in [0.4, 0.5) is 0 Å². The predicted molar refractivity (Wildman–Crippen MR) is 74.8 cm³/mol. The van der Waals surface area contributed by atoms with Gasteiger partial charge in [0.25, 0.3) is 0 Å². The molecule has 3 heteroatoms. The summed E-state index contributed by atoms with van der Waals surface area (Å²) in [4.78, 5) is 4.49. The lowest BCUT2D eigenvalue weighted by Crippen LogP contribution is -2.46. The zero-order chi connectivity index (χ0) is 12.9. The molecule has 3 heterocycles. The topological polar surface area (TPSA) is 45.2 Å². The van der Waals surface area contributed by atoms with Gasteiger partial charge in [-0.3, -0.25) is 4.98 Å². The van der Waals surface area contributed by atoms with Gasteiger partial charge >= 0.3 is 0 Å². The first-order valence-corrected chi connectivity index (χ1v) is 7.07. The zero-order valence-electron chi connectivity index (χ0n) is 10.8. The molecule has 2 aromatic rings. The number of benzene rings is 1. The van der Waals surface area contributed by atoms with E-state index < -0.39 is 5.60 Å². The summed E-state index contributed by atoms with van der Waals surface area (Å²) >= 11 is 0. The van der Waals surface area contributed by atoms with Crippen molar-refractivity contribution in [1.82, 2.24) is 10.3 Å². The van der Waals surface area contributed by atoms with Crippen molar-refractivity contribution < 1.29 is 5.11 Å². The first kappa shape index (κ1) is 11.4. The monoisotopic (exact) mass is 254 g/mol. The number of para-hydroxylation sites is 1. The van der Waals surface area contributed by atoms with E-state index in [4.69, 9.17) is 0 Å². The molecule has 0 amide bonds. The van der Waals surface area contributed by atoms with Gasteiger partial charge in [0.2, 0.25) is 0 Å². The molecule has 0 saturated carbocycles. The standard InChI is InChI=1S/C16H18N2O/c19-16(8-13-5-6-14(9-16)18-13)12-7-11-3-1-2-4-15(11)17-10-12/h1-4,7,10,13-14,18-19H,5-6,8-9H2. The molecule has 2 N–H and O–H groups in total. The molecule has 3 nitrogen and oxygen atoms in total. The van der Waals surface area contributed by atoms with Gasteiger partial charge in [-0.15, -0.1) is 0 Å². The van der Waals surface area contributed by atoms with Gasteiger partial charge in [0, 0.05) is 29.2 Å². The second-order valence-corrected chi connectivity index (χ2v) is 5.99. The molecular formula is C16H18N2O. The fraction of sp³-hybridized carbons (Fsp3) is 0.438. The number of rotatable bonds is 1. The zero-order valence-corrected chi connectivity index (χ0v) is 10.8. The van der Waals surface area contributed by atoms with Crippen molar-refractivity contribution in [2.24, 2.45) is 0 Å². The van der Waals surface area contributed by atoms with Crippen LogP contribution in [0.15, 0.2) is 36.5 Å². The molecule has 2 unspecified atom stereocenters. The van der Waals surface area contributed by atoms with E-state index in [9.17, 15) is 5.11 Å². The smallest absolute Gasteiger partial charge is 0.0941 e. The number of aliphatic hydroxyl groups is 1. The molecule has 0 spiro atoms. The molecule has 2 atom stereocenters. The highest BCUT2D eigenvalue weighted by atomic mass is 16.3. The lowest BCUT2D eigenvalue weighted by atomic mass is 9.82. The maximum Gasteiger partial charge on any atom is 0.0941 e. The summed E-state index contributed by atoms with van der Waals surface area (Å²) in [5, 5.41) is 15.7. The van der Waals surface area contributed by atoms with Crippen LogP contribution in [-0.4, -0.2) is 22.2 Å². The van der Waals surface area contributed by atoms with Gasteiger partial charge in [0.05, 0.1) is 11.1 Å². The van der Waals surface area contributed by atoms with Gasteiger partial charge in [0.1, 0.15) is 0 Å². The molecule has 2 fully saturated rings.